The molecule has 1 aromatic carbocycles. The Morgan fingerprint density at radius 1 is 1.29 bits per heavy atom. The largest absolute Gasteiger partial charge is 0.385 e. The zero-order valence-corrected chi connectivity index (χ0v) is 13.7. The first kappa shape index (κ1) is 16.2. The van der Waals surface area contributed by atoms with Crippen molar-refractivity contribution in [2.45, 2.75) is 28.9 Å². The fourth-order valence-corrected chi connectivity index (χ4v) is 3.33. The molecule has 1 saturated carbocycles. The maximum absolute atomic E-state index is 5.04. The van der Waals surface area contributed by atoms with E-state index in [0.717, 1.165) is 32.1 Å². The molecule has 1 aliphatic rings. The number of ether oxygens (including phenoxy) is 1. The highest BCUT2D eigenvalue weighted by atomic mass is 32.2. The van der Waals surface area contributed by atoms with E-state index in [9.17, 15) is 0 Å². The molecule has 116 valence electrons. The summed E-state index contributed by atoms with van der Waals surface area (Å²) in [4.78, 5) is 5.61. The summed E-state index contributed by atoms with van der Waals surface area (Å²) in [6.07, 6.45) is 3.52. The average Bonchev–Trinajstić information content (AvgIpc) is 3.27. The summed E-state index contributed by atoms with van der Waals surface area (Å²) in [6, 6.07) is 10.6. The number of nitrogens with zero attached hydrogens (tertiary/aromatic N) is 1. The van der Waals surface area contributed by atoms with Crippen LogP contribution < -0.4 is 10.6 Å². The Kier molecular flexibility index (Phi) is 6.39. The maximum atomic E-state index is 5.04. The van der Waals surface area contributed by atoms with Crippen LogP contribution in [0.2, 0.25) is 0 Å². The number of guanidine groups is 1. The Morgan fingerprint density at radius 2 is 2.05 bits per heavy atom. The second-order valence-corrected chi connectivity index (χ2v) is 6.84. The van der Waals surface area contributed by atoms with Crippen molar-refractivity contribution < 1.29 is 4.74 Å². The Hall–Kier alpha value is -1.20. The van der Waals surface area contributed by atoms with Crippen molar-refractivity contribution in [3.05, 3.63) is 30.3 Å². The number of hydrogen-bond donors (Lipinski definition) is 2. The van der Waals surface area contributed by atoms with Gasteiger partial charge in [-0.3, -0.25) is 4.99 Å². The van der Waals surface area contributed by atoms with E-state index in [-0.39, 0.29) is 0 Å². The third-order valence-electron chi connectivity index (χ3n) is 3.50. The van der Waals surface area contributed by atoms with E-state index < -0.39 is 0 Å². The van der Waals surface area contributed by atoms with Gasteiger partial charge in [0, 0.05) is 43.5 Å². The van der Waals surface area contributed by atoms with E-state index in [0.29, 0.717) is 4.75 Å². The normalized spacial score (nSPS) is 16.6. The zero-order chi connectivity index (χ0) is 15.0. The molecule has 0 saturated heterocycles. The molecule has 21 heavy (non-hydrogen) atoms. The molecule has 0 bridgehead atoms. The molecule has 0 atom stereocenters. The van der Waals surface area contributed by atoms with Crippen molar-refractivity contribution in [3.63, 3.8) is 0 Å². The predicted octanol–water partition coefficient (Wildman–Crippen LogP) is 2.51. The van der Waals surface area contributed by atoms with Crippen LogP contribution in [0.5, 0.6) is 0 Å². The topological polar surface area (TPSA) is 45.7 Å². The minimum Gasteiger partial charge on any atom is -0.385 e. The minimum absolute atomic E-state index is 0.339. The molecule has 5 heteroatoms. The molecule has 0 spiro atoms. The molecule has 0 amide bonds. The van der Waals surface area contributed by atoms with Crippen molar-refractivity contribution in [2.24, 2.45) is 4.99 Å². The molecular weight excluding hydrogens is 282 g/mol. The van der Waals surface area contributed by atoms with E-state index in [2.05, 4.69) is 46.0 Å². The standard InChI is InChI=1S/C16H25N3OS/c1-17-15(18-11-6-12-20-2)19-13-16(9-10-16)21-14-7-4-3-5-8-14/h3-5,7-8H,6,9-13H2,1-2H3,(H2,17,18,19). The minimum atomic E-state index is 0.339. The van der Waals surface area contributed by atoms with Gasteiger partial charge in [0.05, 0.1) is 0 Å². The van der Waals surface area contributed by atoms with Gasteiger partial charge in [0.25, 0.3) is 0 Å². The Balaban J connectivity index is 1.73. The van der Waals surface area contributed by atoms with Crippen molar-refractivity contribution in [1.82, 2.24) is 10.6 Å². The second-order valence-electron chi connectivity index (χ2n) is 5.30. The fourth-order valence-electron chi connectivity index (χ4n) is 2.08. The van der Waals surface area contributed by atoms with Gasteiger partial charge in [0.2, 0.25) is 0 Å². The quantitative estimate of drug-likeness (QED) is 0.440. The first-order valence-electron chi connectivity index (χ1n) is 7.45. The zero-order valence-electron chi connectivity index (χ0n) is 12.9. The van der Waals surface area contributed by atoms with Gasteiger partial charge < -0.3 is 15.4 Å². The molecule has 0 aliphatic heterocycles. The van der Waals surface area contributed by atoms with Crippen molar-refractivity contribution in [2.75, 3.05) is 33.9 Å². The summed E-state index contributed by atoms with van der Waals surface area (Å²) in [6.45, 7) is 2.61. The molecule has 0 radical (unpaired) electrons. The van der Waals surface area contributed by atoms with E-state index in [1.54, 1.807) is 7.11 Å². The fraction of sp³-hybridized carbons (Fsp3) is 0.562. The molecule has 2 N–H and O–H groups in total. The second kappa shape index (κ2) is 8.29. The number of rotatable bonds is 8. The van der Waals surface area contributed by atoms with Crippen molar-refractivity contribution >= 4 is 17.7 Å². The van der Waals surface area contributed by atoms with Gasteiger partial charge in [-0.05, 0) is 31.4 Å². The third-order valence-corrected chi connectivity index (χ3v) is 5.00. The SMILES string of the molecule is CN=C(NCCCOC)NCC1(Sc2ccccc2)CC1. The third kappa shape index (κ3) is 5.59. The average molecular weight is 307 g/mol. The molecule has 0 unspecified atom stereocenters. The van der Waals surface area contributed by atoms with Gasteiger partial charge >= 0.3 is 0 Å². The van der Waals surface area contributed by atoms with Crippen LogP contribution in [0.15, 0.2) is 40.2 Å². The number of hydrogen-bond acceptors (Lipinski definition) is 3. The highest BCUT2D eigenvalue weighted by Gasteiger charge is 2.43. The molecule has 1 aromatic rings. The van der Waals surface area contributed by atoms with Crippen LogP contribution in [0.3, 0.4) is 0 Å². The number of nitrogens with one attached hydrogen (secondary N) is 2. The van der Waals surface area contributed by atoms with E-state index in [1.165, 1.54) is 17.7 Å². The molecule has 2 rings (SSSR count). The lowest BCUT2D eigenvalue weighted by molar-refractivity contribution is 0.195. The van der Waals surface area contributed by atoms with Crippen LogP contribution in [0, 0.1) is 0 Å². The lowest BCUT2D eigenvalue weighted by atomic mass is 10.4. The first-order chi connectivity index (χ1) is 10.3. The highest BCUT2D eigenvalue weighted by Crippen LogP contribution is 2.51. The number of thioether (sulfide) groups is 1. The molecule has 1 fully saturated rings. The number of aliphatic imine (C=N–C) groups is 1. The van der Waals surface area contributed by atoms with Crippen LogP contribution in [0.25, 0.3) is 0 Å². The van der Waals surface area contributed by atoms with Crippen molar-refractivity contribution in [1.29, 1.82) is 0 Å². The van der Waals surface area contributed by atoms with Crippen LogP contribution in [0.1, 0.15) is 19.3 Å². The molecule has 1 aliphatic carbocycles. The number of methoxy groups -OCH3 is 1. The van der Waals surface area contributed by atoms with Gasteiger partial charge in [-0.1, -0.05) is 18.2 Å². The molecule has 0 heterocycles. The lowest BCUT2D eigenvalue weighted by Crippen LogP contribution is -2.41. The van der Waals surface area contributed by atoms with Gasteiger partial charge in [0.15, 0.2) is 5.96 Å². The summed E-state index contributed by atoms with van der Waals surface area (Å²) in [5.74, 6) is 0.881. The van der Waals surface area contributed by atoms with E-state index in [4.69, 9.17) is 4.74 Å². The smallest absolute Gasteiger partial charge is 0.191 e. The maximum Gasteiger partial charge on any atom is 0.191 e. The Bertz CT molecular complexity index is 446. The van der Waals surface area contributed by atoms with Crippen LogP contribution in [0.4, 0.5) is 0 Å². The van der Waals surface area contributed by atoms with Crippen LogP contribution in [-0.2, 0) is 4.74 Å². The van der Waals surface area contributed by atoms with Crippen molar-refractivity contribution in [3.8, 4) is 0 Å². The summed E-state index contributed by atoms with van der Waals surface area (Å²) in [7, 11) is 3.54. The van der Waals surface area contributed by atoms with E-state index in [1.807, 2.05) is 18.8 Å². The van der Waals surface area contributed by atoms with Gasteiger partial charge in [-0.25, -0.2) is 0 Å². The van der Waals surface area contributed by atoms with Crippen LogP contribution >= 0.6 is 11.8 Å². The monoisotopic (exact) mass is 307 g/mol. The first-order valence-corrected chi connectivity index (χ1v) is 8.27. The predicted molar refractivity (Wildman–Crippen MR) is 90.1 cm³/mol. The molecule has 0 aromatic heterocycles. The highest BCUT2D eigenvalue weighted by molar-refractivity contribution is 8.01. The number of benzene rings is 1. The Morgan fingerprint density at radius 3 is 2.67 bits per heavy atom. The molecule has 4 nitrogen and oxygen atoms in total. The lowest BCUT2D eigenvalue weighted by Gasteiger charge is -2.18. The van der Waals surface area contributed by atoms with Gasteiger partial charge in [-0.15, -0.1) is 11.8 Å². The molecular formula is C16H25N3OS. The Labute approximate surface area is 131 Å². The van der Waals surface area contributed by atoms with Crippen LogP contribution in [-0.4, -0.2) is 44.6 Å². The summed E-state index contributed by atoms with van der Waals surface area (Å²) < 4.78 is 5.38. The summed E-state index contributed by atoms with van der Waals surface area (Å²) >= 11 is 1.98. The van der Waals surface area contributed by atoms with E-state index >= 15 is 0 Å². The van der Waals surface area contributed by atoms with Gasteiger partial charge in [0.1, 0.15) is 0 Å². The summed E-state index contributed by atoms with van der Waals surface area (Å²) in [5, 5.41) is 6.76. The summed E-state index contributed by atoms with van der Waals surface area (Å²) in [5.41, 5.74) is 0. The van der Waals surface area contributed by atoms with Gasteiger partial charge in [-0.2, -0.15) is 0 Å².